The Morgan fingerprint density at radius 2 is 1.88 bits per heavy atom. The number of hydrogen-bond acceptors (Lipinski definition) is 3. The molecule has 0 radical (unpaired) electrons. The second kappa shape index (κ2) is 6.76. The normalized spacial score (nSPS) is 10.7. The highest BCUT2D eigenvalue weighted by Crippen LogP contribution is 2.10. The van der Waals surface area contributed by atoms with Gasteiger partial charge in [0, 0.05) is 18.9 Å². The Morgan fingerprint density at radius 1 is 1.16 bits per heavy atom. The summed E-state index contributed by atoms with van der Waals surface area (Å²) >= 11 is 0. The summed E-state index contributed by atoms with van der Waals surface area (Å²) in [6.07, 6.45) is 3.21. The lowest BCUT2D eigenvalue weighted by Crippen LogP contribution is -2.26. The van der Waals surface area contributed by atoms with Gasteiger partial charge < -0.3 is 9.88 Å². The van der Waals surface area contributed by atoms with Crippen LogP contribution in [0.25, 0.3) is 0 Å². The molecule has 1 aromatic carbocycles. The number of carbonyl (C=O) groups excluding carboxylic acids is 1. The van der Waals surface area contributed by atoms with Crippen LogP contribution in [-0.2, 0) is 13.6 Å². The average molecular weight is 336 g/mol. The molecule has 3 rings (SSSR count). The molecule has 0 aliphatic rings. The highest BCUT2D eigenvalue weighted by molar-refractivity contribution is 6.04. The second-order valence-corrected chi connectivity index (χ2v) is 6.06. The van der Waals surface area contributed by atoms with E-state index in [1.165, 1.54) is 11.8 Å². The maximum absolute atomic E-state index is 12.6. The lowest BCUT2D eigenvalue weighted by Gasteiger charge is -2.09. The van der Waals surface area contributed by atoms with E-state index in [-0.39, 0.29) is 17.2 Å². The van der Waals surface area contributed by atoms with Crippen LogP contribution in [0, 0.1) is 13.8 Å². The van der Waals surface area contributed by atoms with Crippen molar-refractivity contribution in [2.75, 3.05) is 5.32 Å². The molecule has 0 fully saturated rings. The second-order valence-electron chi connectivity index (χ2n) is 6.06. The molecule has 0 unspecified atom stereocenters. The number of benzene rings is 1. The molecule has 2 aromatic heterocycles. The van der Waals surface area contributed by atoms with E-state index in [2.05, 4.69) is 10.4 Å². The quantitative estimate of drug-likeness (QED) is 0.796. The lowest BCUT2D eigenvalue weighted by atomic mass is 10.1. The Balaban J connectivity index is 1.83. The fourth-order valence-electron chi connectivity index (χ4n) is 2.56. The first-order chi connectivity index (χ1) is 12.0. The Hall–Kier alpha value is -3.15. The molecule has 0 atom stereocenters. The first-order valence-corrected chi connectivity index (χ1v) is 8.00. The van der Waals surface area contributed by atoms with Gasteiger partial charge in [-0.25, -0.2) is 0 Å². The maximum atomic E-state index is 12.6. The molecular weight excluding hydrogens is 316 g/mol. The van der Waals surface area contributed by atoms with Crippen LogP contribution in [0.15, 0.2) is 53.6 Å². The van der Waals surface area contributed by atoms with E-state index in [0.717, 1.165) is 11.3 Å². The summed E-state index contributed by atoms with van der Waals surface area (Å²) in [5, 5.41) is 6.74. The largest absolute Gasteiger partial charge is 0.317 e. The van der Waals surface area contributed by atoms with Crippen LogP contribution in [0.5, 0.6) is 0 Å². The van der Waals surface area contributed by atoms with E-state index < -0.39 is 0 Å². The summed E-state index contributed by atoms with van der Waals surface area (Å²) in [4.78, 5) is 25.0. The zero-order valence-corrected chi connectivity index (χ0v) is 14.5. The monoisotopic (exact) mass is 336 g/mol. The van der Waals surface area contributed by atoms with E-state index in [1.54, 1.807) is 34.6 Å². The zero-order valence-electron chi connectivity index (χ0n) is 14.5. The molecule has 25 heavy (non-hydrogen) atoms. The molecule has 6 heteroatoms. The molecule has 1 N–H and O–H groups in total. The molecule has 0 aliphatic carbocycles. The molecular formula is C19H20N4O2. The minimum Gasteiger partial charge on any atom is -0.317 e. The average Bonchev–Trinajstić information content (AvgIpc) is 2.93. The number of nitrogens with zero attached hydrogens (tertiary/aromatic N) is 3. The third-order valence-electron chi connectivity index (χ3n) is 4.22. The van der Waals surface area contributed by atoms with Gasteiger partial charge in [0.2, 0.25) is 0 Å². The van der Waals surface area contributed by atoms with Gasteiger partial charge in [0.15, 0.2) is 0 Å². The first-order valence-electron chi connectivity index (χ1n) is 8.00. The van der Waals surface area contributed by atoms with Crippen LogP contribution < -0.4 is 10.9 Å². The number of amides is 1. The molecule has 0 spiro atoms. The predicted octanol–water partition coefficient (Wildman–Crippen LogP) is 2.50. The summed E-state index contributed by atoms with van der Waals surface area (Å²) < 4.78 is 3.20. The van der Waals surface area contributed by atoms with Gasteiger partial charge in [-0.05, 0) is 31.5 Å². The van der Waals surface area contributed by atoms with Crippen molar-refractivity contribution in [3.8, 4) is 0 Å². The van der Waals surface area contributed by atoms with Crippen molar-refractivity contribution in [1.82, 2.24) is 14.3 Å². The molecule has 6 nitrogen and oxygen atoms in total. The van der Waals surface area contributed by atoms with E-state index in [0.29, 0.717) is 12.1 Å². The zero-order chi connectivity index (χ0) is 18.0. The Labute approximate surface area is 145 Å². The van der Waals surface area contributed by atoms with Gasteiger partial charge in [-0.1, -0.05) is 29.8 Å². The molecule has 0 aliphatic heterocycles. The summed E-state index contributed by atoms with van der Waals surface area (Å²) in [5.41, 5.74) is 3.41. The molecule has 0 saturated heterocycles. The summed E-state index contributed by atoms with van der Waals surface area (Å²) in [6, 6.07) is 11.4. The van der Waals surface area contributed by atoms with Gasteiger partial charge in [0.25, 0.3) is 11.5 Å². The van der Waals surface area contributed by atoms with Crippen molar-refractivity contribution in [3.63, 3.8) is 0 Å². The van der Waals surface area contributed by atoms with Crippen molar-refractivity contribution in [1.29, 1.82) is 0 Å². The molecule has 128 valence electrons. The number of hydrogen-bond donors (Lipinski definition) is 1. The SMILES string of the molecule is Cc1ccc(Cn2cccc(NC(=O)c3cnn(C)c3C)c2=O)cc1. The fraction of sp³-hybridized carbons (Fsp3) is 0.211. The summed E-state index contributed by atoms with van der Waals surface area (Å²) in [6.45, 7) is 4.28. The lowest BCUT2D eigenvalue weighted by molar-refractivity contribution is 0.102. The highest BCUT2D eigenvalue weighted by atomic mass is 16.2. The van der Waals surface area contributed by atoms with Crippen LogP contribution in [0.2, 0.25) is 0 Å². The third-order valence-corrected chi connectivity index (χ3v) is 4.22. The number of aromatic nitrogens is 3. The summed E-state index contributed by atoms with van der Waals surface area (Å²) in [7, 11) is 1.77. The van der Waals surface area contributed by atoms with Crippen LogP contribution in [0.3, 0.4) is 0 Å². The number of pyridine rings is 1. The smallest absolute Gasteiger partial charge is 0.274 e. The van der Waals surface area contributed by atoms with Crippen molar-refractivity contribution in [2.24, 2.45) is 7.05 Å². The Kier molecular flexibility index (Phi) is 4.52. The topological polar surface area (TPSA) is 68.9 Å². The van der Waals surface area contributed by atoms with E-state index >= 15 is 0 Å². The number of aryl methyl sites for hydroxylation is 2. The minimum absolute atomic E-state index is 0.238. The maximum Gasteiger partial charge on any atom is 0.274 e. The third kappa shape index (κ3) is 3.52. The molecule has 2 heterocycles. The van der Waals surface area contributed by atoms with Gasteiger partial charge in [0.05, 0.1) is 18.3 Å². The van der Waals surface area contributed by atoms with Crippen LogP contribution >= 0.6 is 0 Å². The molecule has 3 aromatic rings. The van der Waals surface area contributed by atoms with Crippen LogP contribution in [-0.4, -0.2) is 20.3 Å². The standard InChI is InChI=1S/C19H20N4O2/c1-13-6-8-15(9-7-13)12-23-10-4-5-17(19(23)25)21-18(24)16-11-20-22(3)14(16)2/h4-11H,12H2,1-3H3,(H,21,24). The fourth-order valence-corrected chi connectivity index (χ4v) is 2.56. The van der Waals surface area contributed by atoms with Gasteiger partial charge in [0.1, 0.15) is 5.69 Å². The van der Waals surface area contributed by atoms with E-state index in [4.69, 9.17) is 0 Å². The van der Waals surface area contributed by atoms with E-state index in [9.17, 15) is 9.59 Å². The number of anilines is 1. The van der Waals surface area contributed by atoms with Crippen LogP contribution in [0.4, 0.5) is 5.69 Å². The van der Waals surface area contributed by atoms with Gasteiger partial charge in [-0.15, -0.1) is 0 Å². The summed E-state index contributed by atoms with van der Waals surface area (Å²) in [5.74, 6) is -0.337. The predicted molar refractivity (Wildman–Crippen MR) is 96.9 cm³/mol. The van der Waals surface area contributed by atoms with Crippen molar-refractivity contribution < 1.29 is 4.79 Å². The van der Waals surface area contributed by atoms with Gasteiger partial charge in [-0.3, -0.25) is 14.3 Å². The number of rotatable bonds is 4. The molecule has 1 amide bonds. The number of carbonyl (C=O) groups is 1. The Morgan fingerprint density at radius 3 is 2.52 bits per heavy atom. The minimum atomic E-state index is -0.337. The number of nitrogens with one attached hydrogen (secondary N) is 1. The Bertz CT molecular complexity index is 968. The van der Waals surface area contributed by atoms with Crippen molar-refractivity contribution in [2.45, 2.75) is 20.4 Å². The van der Waals surface area contributed by atoms with E-state index in [1.807, 2.05) is 38.1 Å². The highest BCUT2D eigenvalue weighted by Gasteiger charge is 2.14. The van der Waals surface area contributed by atoms with Gasteiger partial charge >= 0.3 is 0 Å². The molecule has 0 saturated carbocycles. The van der Waals surface area contributed by atoms with Crippen LogP contribution in [0.1, 0.15) is 27.2 Å². The van der Waals surface area contributed by atoms with Gasteiger partial charge in [-0.2, -0.15) is 5.10 Å². The van der Waals surface area contributed by atoms with Crippen molar-refractivity contribution >= 4 is 11.6 Å². The molecule has 0 bridgehead atoms. The first kappa shape index (κ1) is 16.7. The van der Waals surface area contributed by atoms with Crippen molar-refractivity contribution in [3.05, 3.63) is 81.5 Å².